The van der Waals surface area contributed by atoms with Crippen LogP contribution in [0.25, 0.3) is 0 Å². The van der Waals surface area contributed by atoms with Gasteiger partial charge in [-0.3, -0.25) is 4.79 Å². The second-order valence-corrected chi connectivity index (χ2v) is 6.41. The van der Waals surface area contributed by atoms with Crippen molar-refractivity contribution in [2.75, 3.05) is 31.0 Å². The van der Waals surface area contributed by atoms with Gasteiger partial charge < -0.3 is 25.3 Å². The number of hydrogen-bond acceptors (Lipinski definition) is 7. The highest BCUT2D eigenvalue weighted by molar-refractivity contribution is 5.99. The summed E-state index contributed by atoms with van der Waals surface area (Å²) in [6.45, 7) is 4.27. The Bertz CT molecular complexity index is 1160. The highest BCUT2D eigenvalue weighted by Gasteiger charge is 2.11. The van der Waals surface area contributed by atoms with Gasteiger partial charge in [-0.15, -0.1) is 4.73 Å². The van der Waals surface area contributed by atoms with Gasteiger partial charge in [0.2, 0.25) is 5.91 Å². The summed E-state index contributed by atoms with van der Waals surface area (Å²) in [5.41, 5.74) is 1.23. The maximum Gasteiger partial charge on any atom is 0.265 e. The summed E-state index contributed by atoms with van der Waals surface area (Å²) in [6.07, 6.45) is 2.08. The number of carbonyl (C=O) groups excluding carboxylic acids is 1. The Morgan fingerprint density at radius 1 is 1.25 bits per heavy atom. The van der Waals surface area contributed by atoms with E-state index in [2.05, 4.69) is 27.2 Å². The molecule has 9 nitrogen and oxygen atoms in total. The number of ether oxygens (including phenoxy) is 2. The first-order valence-corrected chi connectivity index (χ1v) is 9.54. The molecule has 2 aromatic carbocycles. The Hall–Kier alpha value is -4.18. The van der Waals surface area contributed by atoms with Gasteiger partial charge in [-0.25, -0.2) is 14.4 Å². The molecule has 0 radical (unpaired) electrons. The van der Waals surface area contributed by atoms with Crippen molar-refractivity contribution < 1.29 is 23.9 Å². The Balaban J connectivity index is 1.84. The first kappa shape index (κ1) is 22.5. The van der Waals surface area contributed by atoms with Gasteiger partial charge in [0.15, 0.2) is 11.6 Å². The molecule has 0 aliphatic heterocycles. The average Bonchev–Trinajstić information content (AvgIpc) is 2.80. The maximum absolute atomic E-state index is 14.4. The molecule has 0 atom stereocenters. The molecule has 10 heteroatoms. The van der Waals surface area contributed by atoms with Gasteiger partial charge in [-0.2, -0.15) is 0 Å². The quantitative estimate of drug-likeness (QED) is 0.268. The van der Waals surface area contributed by atoms with Crippen molar-refractivity contribution in [2.24, 2.45) is 4.99 Å². The fourth-order valence-corrected chi connectivity index (χ4v) is 2.60. The molecule has 0 aliphatic carbocycles. The van der Waals surface area contributed by atoms with E-state index in [9.17, 15) is 14.4 Å². The zero-order chi connectivity index (χ0) is 22.9. The van der Waals surface area contributed by atoms with Crippen LogP contribution in [-0.2, 0) is 9.53 Å². The lowest BCUT2D eigenvalue weighted by Crippen LogP contribution is -2.25. The van der Waals surface area contributed by atoms with E-state index in [0.29, 0.717) is 40.8 Å². The summed E-state index contributed by atoms with van der Waals surface area (Å²) in [5, 5.41) is 15.8. The summed E-state index contributed by atoms with van der Waals surface area (Å²) < 4.78 is 25.3. The SMILES string of the molecule is C=CC(=O)Nc1cccc(Nc2c(F)cnc(=Nc3ccc(OCCOC)cc3)n2O)c1. The minimum absolute atomic E-state index is 0.141. The van der Waals surface area contributed by atoms with Crippen molar-refractivity contribution in [1.29, 1.82) is 0 Å². The summed E-state index contributed by atoms with van der Waals surface area (Å²) in [4.78, 5) is 19.6. The van der Waals surface area contributed by atoms with Gasteiger partial charge in [0.1, 0.15) is 12.4 Å². The van der Waals surface area contributed by atoms with Gasteiger partial charge in [0, 0.05) is 18.5 Å². The van der Waals surface area contributed by atoms with Crippen LogP contribution in [-0.4, -0.2) is 41.2 Å². The van der Waals surface area contributed by atoms with Crippen molar-refractivity contribution in [3.05, 3.63) is 78.8 Å². The molecule has 3 aromatic rings. The summed E-state index contributed by atoms with van der Waals surface area (Å²) in [5.74, 6) is -0.819. The van der Waals surface area contributed by atoms with E-state index in [4.69, 9.17) is 9.47 Å². The van der Waals surface area contributed by atoms with E-state index in [1.807, 2.05) is 0 Å². The lowest BCUT2D eigenvalue weighted by atomic mass is 10.2. The van der Waals surface area contributed by atoms with Crippen LogP contribution >= 0.6 is 0 Å². The smallest absolute Gasteiger partial charge is 0.265 e. The Labute approximate surface area is 183 Å². The van der Waals surface area contributed by atoms with Crippen molar-refractivity contribution in [3.63, 3.8) is 0 Å². The van der Waals surface area contributed by atoms with E-state index in [0.717, 1.165) is 12.3 Å². The third-order valence-electron chi connectivity index (χ3n) is 4.12. The van der Waals surface area contributed by atoms with Crippen molar-refractivity contribution in [1.82, 2.24) is 9.71 Å². The number of aromatic nitrogens is 2. The van der Waals surface area contributed by atoms with E-state index in [1.165, 1.54) is 0 Å². The highest BCUT2D eigenvalue weighted by atomic mass is 19.1. The van der Waals surface area contributed by atoms with Crippen LogP contribution in [0.5, 0.6) is 5.75 Å². The van der Waals surface area contributed by atoms with Gasteiger partial charge in [0.25, 0.3) is 5.62 Å². The van der Waals surface area contributed by atoms with E-state index < -0.39 is 5.82 Å². The van der Waals surface area contributed by atoms with Crippen LogP contribution < -0.4 is 21.0 Å². The number of nitrogens with one attached hydrogen (secondary N) is 2. The van der Waals surface area contributed by atoms with Crippen molar-refractivity contribution >= 4 is 28.8 Å². The predicted molar refractivity (Wildman–Crippen MR) is 117 cm³/mol. The van der Waals surface area contributed by atoms with Gasteiger partial charge in [-0.1, -0.05) is 12.6 Å². The minimum atomic E-state index is -0.797. The zero-order valence-corrected chi connectivity index (χ0v) is 17.3. The van der Waals surface area contributed by atoms with Crippen LogP contribution in [0.4, 0.5) is 27.3 Å². The Kier molecular flexibility index (Phi) is 7.55. The van der Waals surface area contributed by atoms with Crippen LogP contribution in [0.15, 0.2) is 72.4 Å². The first-order chi connectivity index (χ1) is 15.5. The van der Waals surface area contributed by atoms with Crippen LogP contribution in [0.1, 0.15) is 0 Å². The molecule has 3 N–H and O–H groups in total. The third kappa shape index (κ3) is 5.92. The zero-order valence-electron chi connectivity index (χ0n) is 17.3. The molecular formula is C22H22FN5O4. The minimum Gasteiger partial charge on any atom is -0.491 e. The number of hydrogen-bond donors (Lipinski definition) is 3. The normalized spacial score (nSPS) is 11.1. The number of benzene rings is 2. The number of rotatable bonds is 9. The molecule has 1 aromatic heterocycles. The number of halogens is 1. The fourth-order valence-electron chi connectivity index (χ4n) is 2.60. The molecular weight excluding hydrogens is 417 g/mol. The standard InChI is InChI=1S/C22H22FN5O4/c1-3-20(29)25-16-5-4-6-17(13-16)26-21-19(23)14-24-22(28(21)30)27-15-7-9-18(10-8-15)32-12-11-31-2/h3-10,13-14,26,30H,1,11-12H2,2H3,(H,25,29). The average molecular weight is 439 g/mol. The monoisotopic (exact) mass is 439 g/mol. The fraction of sp³-hybridized carbons (Fsp3) is 0.136. The first-order valence-electron chi connectivity index (χ1n) is 9.54. The molecule has 166 valence electrons. The Morgan fingerprint density at radius 2 is 2.00 bits per heavy atom. The Morgan fingerprint density at radius 3 is 2.72 bits per heavy atom. The van der Waals surface area contributed by atoms with Gasteiger partial charge >= 0.3 is 0 Å². The lowest BCUT2D eigenvalue weighted by molar-refractivity contribution is -0.111. The summed E-state index contributed by atoms with van der Waals surface area (Å²) >= 11 is 0. The molecule has 0 aliphatic rings. The van der Waals surface area contributed by atoms with Crippen molar-refractivity contribution in [3.8, 4) is 5.75 Å². The molecule has 0 saturated carbocycles. The van der Waals surface area contributed by atoms with E-state index in [-0.39, 0.29) is 17.3 Å². The molecule has 0 spiro atoms. The number of anilines is 3. The summed E-state index contributed by atoms with van der Waals surface area (Å²) in [7, 11) is 1.59. The van der Waals surface area contributed by atoms with Crippen LogP contribution in [0, 0.1) is 5.82 Å². The topological polar surface area (TPSA) is 110 Å². The number of nitrogens with zero attached hydrogens (tertiary/aromatic N) is 3. The highest BCUT2D eigenvalue weighted by Crippen LogP contribution is 2.21. The molecule has 0 fully saturated rings. The third-order valence-corrected chi connectivity index (χ3v) is 4.12. The predicted octanol–water partition coefficient (Wildman–Crippen LogP) is 3.39. The molecule has 1 heterocycles. The molecule has 0 bridgehead atoms. The van der Waals surface area contributed by atoms with Crippen molar-refractivity contribution in [2.45, 2.75) is 0 Å². The maximum atomic E-state index is 14.4. The van der Waals surface area contributed by atoms with Gasteiger partial charge in [-0.05, 0) is 48.5 Å². The second-order valence-electron chi connectivity index (χ2n) is 6.41. The molecule has 0 unspecified atom stereocenters. The number of amides is 1. The molecule has 0 saturated heterocycles. The van der Waals surface area contributed by atoms with E-state index in [1.54, 1.807) is 55.6 Å². The summed E-state index contributed by atoms with van der Waals surface area (Å²) in [6, 6.07) is 13.3. The van der Waals surface area contributed by atoms with E-state index >= 15 is 0 Å². The lowest BCUT2D eigenvalue weighted by Gasteiger charge is -2.12. The molecule has 32 heavy (non-hydrogen) atoms. The number of methoxy groups -OCH3 is 1. The van der Waals surface area contributed by atoms with Crippen LogP contribution in [0.3, 0.4) is 0 Å². The van der Waals surface area contributed by atoms with Gasteiger partial charge in [0.05, 0.1) is 18.5 Å². The number of carbonyl (C=O) groups is 1. The van der Waals surface area contributed by atoms with Crippen LogP contribution in [0.2, 0.25) is 0 Å². The molecule has 1 amide bonds. The molecule has 3 rings (SSSR count). The largest absolute Gasteiger partial charge is 0.491 e. The second kappa shape index (κ2) is 10.7.